The van der Waals surface area contributed by atoms with Gasteiger partial charge < -0.3 is 9.47 Å². The Bertz CT molecular complexity index is 608. The average Bonchev–Trinajstić information content (AvgIpc) is 2.79. The third-order valence-corrected chi connectivity index (χ3v) is 3.56. The first-order chi connectivity index (χ1) is 9.01. The van der Waals surface area contributed by atoms with E-state index < -0.39 is 0 Å². The van der Waals surface area contributed by atoms with Crippen LogP contribution in [0.15, 0.2) is 30.3 Å². The second-order valence-corrected chi connectivity index (χ2v) is 6.45. The topological polar surface area (TPSA) is 18.5 Å². The summed E-state index contributed by atoms with van der Waals surface area (Å²) in [5.41, 5.74) is 1.77. The number of rotatable bonds is 2. The summed E-state index contributed by atoms with van der Waals surface area (Å²) in [7, 11) is 0. The summed E-state index contributed by atoms with van der Waals surface area (Å²) >= 11 is 0. The summed E-state index contributed by atoms with van der Waals surface area (Å²) in [6.07, 6.45) is 2.32. The molecule has 2 nitrogen and oxygen atoms in total. The van der Waals surface area contributed by atoms with Crippen molar-refractivity contribution in [3.63, 3.8) is 0 Å². The minimum atomic E-state index is 0.336. The number of ether oxygens (including phenoxy) is 2. The predicted octanol–water partition coefficient (Wildman–Crippen LogP) is 4.55. The Kier molecular flexibility index (Phi) is 2.89. The van der Waals surface area contributed by atoms with Crippen LogP contribution in [0.1, 0.15) is 32.8 Å². The molecule has 2 heteroatoms. The molecule has 0 aromatic heterocycles. The molecule has 0 saturated heterocycles. The summed E-state index contributed by atoms with van der Waals surface area (Å²) in [6, 6.07) is 10.8. The number of hydrogen-bond donors (Lipinski definition) is 0. The van der Waals surface area contributed by atoms with Gasteiger partial charge in [-0.25, -0.2) is 0 Å². The normalized spacial score (nSPS) is 14.1. The second kappa shape index (κ2) is 4.44. The van der Waals surface area contributed by atoms with Gasteiger partial charge in [0.1, 0.15) is 0 Å². The number of benzene rings is 2. The van der Waals surface area contributed by atoms with Gasteiger partial charge in [0.25, 0.3) is 0 Å². The summed E-state index contributed by atoms with van der Waals surface area (Å²) in [5.74, 6) is 1.72. The minimum Gasteiger partial charge on any atom is -0.454 e. The molecule has 0 unspecified atom stereocenters. The molecule has 19 heavy (non-hydrogen) atoms. The van der Waals surface area contributed by atoms with E-state index in [0.717, 1.165) is 17.9 Å². The van der Waals surface area contributed by atoms with Gasteiger partial charge in [-0.15, -0.1) is 0 Å². The van der Waals surface area contributed by atoms with Gasteiger partial charge in [-0.2, -0.15) is 0 Å². The first-order valence-corrected chi connectivity index (χ1v) is 6.84. The Morgan fingerprint density at radius 3 is 2.32 bits per heavy atom. The molecule has 3 rings (SSSR count). The first kappa shape index (κ1) is 12.3. The van der Waals surface area contributed by atoms with E-state index in [0.29, 0.717) is 12.2 Å². The summed E-state index contributed by atoms with van der Waals surface area (Å²) in [6.45, 7) is 7.19. The van der Waals surface area contributed by atoms with Gasteiger partial charge >= 0.3 is 0 Å². The lowest BCUT2D eigenvalue weighted by Crippen LogP contribution is -2.06. The van der Waals surface area contributed by atoms with Crippen molar-refractivity contribution in [2.75, 3.05) is 6.79 Å². The fraction of sp³-hybridized carbons (Fsp3) is 0.412. The molecule has 2 aromatic rings. The zero-order valence-electron chi connectivity index (χ0n) is 11.8. The van der Waals surface area contributed by atoms with Crippen LogP contribution in [-0.2, 0) is 6.42 Å². The highest BCUT2D eigenvalue weighted by molar-refractivity contribution is 5.86. The molecule has 1 aliphatic heterocycles. The zero-order chi connectivity index (χ0) is 13.5. The van der Waals surface area contributed by atoms with Crippen LogP contribution in [0.5, 0.6) is 11.5 Å². The molecule has 0 spiro atoms. The summed E-state index contributed by atoms with van der Waals surface area (Å²) in [5, 5.41) is 2.44. The van der Waals surface area contributed by atoms with E-state index in [1.165, 1.54) is 22.8 Å². The van der Waals surface area contributed by atoms with Gasteiger partial charge in [0.2, 0.25) is 6.79 Å². The molecular weight excluding hydrogens is 236 g/mol. The van der Waals surface area contributed by atoms with Crippen LogP contribution in [-0.4, -0.2) is 6.79 Å². The van der Waals surface area contributed by atoms with E-state index in [-0.39, 0.29) is 0 Å². The largest absolute Gasteiger partial charge is 0.454 e. The Hall–Kier alpha value is -1.70. The van der Waals surface area contributed by atoms with E-state index in [1.54, 1.807) is 0 Å². The Morgan fingerprint density at radius 2 is 1.63 bits per heavy atom. The van der Waals surface area contributed by atoms with E-state index in [1.807, 2.05) is 0 Å². The van der Waals surface area contributed by atoms with Gasteiger partial charge in [-0.05, 0) is 46.7 Å². The standard InChI is InChI=1S/C17H20O2/c1-17(2,3)7-6-12-4-5-13-9-15-16(19-11-18-15)10-14(13)8-12/h4-5,8-10H,6-7,11H2,1-3H3. The molecule has 0 saturated carbocycles. The predicted molar refractivity (Wildman–Crippen MR) is 77.8 cm³/mol. The van der Waals surface area contributed by atoms with Crippen LogP contribution in [0.2, 0.25) is 0 Å². The molecule has 2 aromatic carbocycles. The van der Waals surface area contributed by atoms with Gasteiger partial charge in [-0.3, -0.25) is 0 Å². The Balaban J connectivity index is 1.90. The SMILES string of the molecule is CC(C)(C)CCc1ccc2cc3c(cc2c1)OCO3. The van der Waals surface area contributed by atoms with Gasteiger partial charge in [-0.1, -0.05) is 39.0 Å². The van der Waals surface area contributed by atoms with Crippen molar-refractivity contribution in [1.82, 2.24) is 0 Å². The van der Waals surface area contributed by atoms with Crippen LogP contribution in [0.4, 0.5) is 0 Å². The lowest BCUT2D eigenvalue weighted by Gasteiger charge is -2.17. The minimum absolute atomic E-state index is 0.336. The van der Waals surface area contributed by atoms with Gasteiger partial charge in [0.05, 0.1) is 0 Å². The summed E-state index contributed by atoms with van der Waals surface area (Å²) in [4.78, 5) is 0. The molecule has 0 fully saturated rings. The van der Waals surface area contributed by atoms with Crippen molar-refractivity contribution >= 4 is 10.8 Å². The van der Waals surface area contributed by atoms with Crippen molar-refractivity contribution in [3.8, 4) is 11.5 Å². The van der Waals surface area contributed by atoms with Crippen LogP contribution in [0, 0.1) is 5.41 Å². The third kappa shape index (κ3) is 2.67. The molecule has 0 amide bonds. The lowest BCUT2D eigenvalue weighted by atomic mass is 9.88. The number of aryl methyl sites for hydroxylation is 1. The summed E-state index contributed by atoms with van der Waals surface area (Å²) < 4.78 is 10.8. The highest BCUT2D eigenvalue weighted by Gasteiger charge is 2.14. The Labute approximate surface area is 114 Å². The van der Waals surface area contributed by atoms with E-state index in [2.05, 4.69) is 51.1 Å². The van der Waals surface area contributed by atoms with E-state index in [9.17, 15) is 0 Å². The van der Waals surface area contributed by atoms with E-state index >= 15 is 0 Å². The monoisotopic (exact) mass is 256 g/mol. The fourth-order valence-corrected chi connectivity index (χ4v) is 2.36. The number of hydrogen-bond acceptors (Lipinski definition) is 2. The second-order valence-electron chi connectivity index (χ2n) is 6.45. The average molecular weight is 256 g/mol. The molecule has 0 atom stereocenters. The van der Waals surface area contributed by atoms with Crippen LogP contribution in [0.25, 0.3) is 10.8 Å². The van der Waals surface area contributed by atoms with Crippen molar-refractivity contribution in [3.05, 3.63) is 35.9 Å². The van der Waals surface area contributed by atoms with Gasteiger partial charge in [0, 0.05) is 0 Å². The fourth-order valence-electron chi connectivity index (χ4n) is 2.36. The number of fused-ring (bicyclic) bond motifs is 2. The molecule has 100 valence electrons. The van der Waals surface area contributed by atoms with Gasteiger partial charge in [0.15, 0.2) is 11.5 Å². The van der Waals surface area contributed by atoms with Crippen molar-refractivity contribution in [1.29, 1.82) is 0 Å². The van der Waals surface area contributed by atoms with Crippen LogP contribution >= 0.6 is 0 Å². The Morgan fingerprint density at radius 1 is 0.947 bits per heavy atom. The third-order valence-electron chi connectivity index (χ3n) is 3.56. The molecule has 1 heterocycles. The molecule has 0 bridgehead atoms. The highest BCUT2D eigenvalue weighted by Crippen LogP contribution is 2.36. The van der Waals surface area contributed by atoms with Crippen molar-refractivity contribution < 1.29 is 9.47 Å². The van der Waals surface area contributed by atoms with Crippen LogP contribution < -0.4 is 9.47 Å². The quantitative estimate of drug-likeness (QED) is 0.785. The van der Waals surface area contributed by atoms with Crippen molar-refractivity contribution in [2.45, 2.75) is 33.6 Å². The maximum atomic E-state index is 5.44. The molecule has 1 aliphatic rings. The first-order valence-electron chi connectivity index (χ1n) is 6.84. The zero-order valence-corrected chi connectivity index (χ0v) is 11.8. The van der Waals surface area contributed by atoms with Crippen LogP contribution in [0.3, 0.4) is 0 Å². The maximum Gasteiger partial charge on any atom is 0.231 e. The molecular formula is C17H20O2. The van der Waals surface area contributed by atoms with E-state index in [4.69, 9.17) is 9.47 Å². The van der Waals surface area contributed by atoms with Crippen molar-refractivity contribution in [2.24, 2.45) is 5.41 Å². The smallest absolute Gasteiger partial charge is 0.231 e. The molecule has 0 N–H and O–H groups in total. The maximum absolute atomic E-state index is 5.44. The highest BCUT2D eigenvalue weighted by atomic mass is 16.7. The molecule has 0 radical (unpaired) electrons. The lowest BCUT2D eigenvalue weighted by molar-refractivity contribution is 0.174. The molecule has 0 aliphatic carbocycles.